The Morgan fingerprint density at radius 3 is 1.25 bits per heavy atom. The monoisotopic (exact) mass is 846 g/mol. The largest absolute Gasteiger partial charge is 0.481 e. The smallest absolute Gasteiger partial charge is 0.326 e. The number of unbranched alkanes of at least 4 members (excludes halogenated alkanes) is 2. The van der Waals surface area contributed by atoms with Crippen LogP contribution in [0.4, 0.5) is 0 Å². The zero-order valence-corrected chi connectivity index (χ0v) is 34.2. The number of carboxylic acids is 2. The number of carbonyl (C=O) groups is 9. The van der Waals surface area contributed by atoms with Gasteiger partial charge in [-0.05, 0) is 90.6 Å². The average Bonchev–Trinajstić information content (AvgIpc) is 3.13. The third-order valence-corrected chi connectivity index (χ3v) is 8.92. The van der Waals surface area contributed by atoms with Crippen molar-refractivity contribution >= 4 is 53.3 Å². The maximum Gasteiger partial charge on any atom is 0.326 e. The van der Waals surface area contributed by atoms with Gasteiger partial charge in [-0.2, -0.15) is 0 Å². The molecule has 0 saturated heterocycles. The van der Waals surface area contributed by atoms with Crippen LogP contribution >= 0.6 is 0 Å². The minimum absolute atomic E-state index is 0.0109. The van der Waals surface area contributed by atoms with Crippen LogP contribution in [0, 0.1) is 5.92 Å². The molecule has 9 atom stereocenters. The molecule has 59 heavy (non-hydrogen) atoms. The standard InChI is InChI=1S/C36H66N10O13/c1-18(2)17-21(39)30(52)41-22(9-5-7-15-37)31(53)42-23(10-6-8-16-38)32(54)45-28(19(3)47)34(56)43-24(12-14-27(50)51)33(55)46-29(20(4)48)35(57)44-25(36(58)59)11-13-26(40)49/h18-25,28-29,47-48H,5-17,37-39H2,1-4H3,(H2,40,49)(H,41,52)(H,42,53)(H,43,56)(H,44,57)(H,45,54)(H,46,55)(H,50,51)(H,58,59)/t19-,20-,21+,22+,23+,24+,25+,28+,29+/m1/s1. The molecule has 0 aliphatic rings. The van der Waals surface area contributed by atoms with E-state index in [0.29, 0.717) is 38.6 Å². The maximum absolute atomic E-state index is 13.7. The number of primary amides is 1. The lowest BCUT2D eigenvalue weighted by atomic mass is 10.0. The lowest BCUT2D eigenvalue weighted by molar-refractivity contribution is -0.143. The molecule has 18 N–H and O–H groups in total. The van der Waals surface area contributed by atoms with Gasteiger partial charge in [0.25, 0.3) is 0 Å². The summed E-state index contributed by atoms with van der Waals surface area (Å²) < 4.78 is 0. The van der Waals surface area contributed by atoms with Crippen LogP contribution in [-0.4, -0.2) is 141 Å². The summed E-state index contributed by atoms with van der Waals surface area (Å²) in [6.45, 7) is 6.54. The SMILES string of the molecule is CC(C)C[C@H](N)C(=O)N[C@@H](CCCCN)C(=O)N[C@@H](CCCCN)C(=O)N[C@H](C(=O)N[C@@H](CCC(=O)O)C(=O)N[C@H](C(=O)N[C@@H](CCC(N)=O)C(=O)O)[C@@H](C)O)[C@@H](C)O. The highest BCUT2D eigenvalue weighted by Crippen LogP contribution is 2.10. The Morgan fingerprint density at radius 1 is 0.508 bits per heavy atom. The second-order valence-electron chi connectivity index (χ2n) is 14.8. The van der Waals surface area contributed by atoms with E-state index >= 15 is 0 Å². The fourth-order valence-electron chi connectivity index (χ4n) is 5.61. The summed E-state index contributed by atoms with van der Waals surface area (Å²) in [7, 11) is 0. The lowest BCUT2D eigenvalue weighted by Gasteiger charge is -2.29. The summed E-state index contributed by atoms with van der Waals surface area (Å²) in [5, 5.41) is 53.7. The van der Waals surface area contributed by atoms with Crippen molar-refractivity contribution in [2.24, 2.45) is 28.9 Å². The number of carbonyl (C=O) groups excluding carboxylic acids is 7. The van der Waals surface area contributed by atoms with Crippen molar-refractivity contribution < 1.29 is 63.6 Å². The van der Waals surface area contributed by atoms with Gasteiger partial charge in [0.2, 0.25) is 41.4 Å². The number of amides is 7. The molecule has 0 aromatic carbocycles. The van der Waals surface area contributed by atoms with Crippen molar-refractivity contribution in [1.29, 1.82) is 0 Å². The average molecular weight is 847 g/mol. The van der Waals surface area contributed by atoms with Crippen LogP contribution in [0.3, 0.4) is 0 Å². The van der Waals surface area contributed by atoms with E-state index in [4.69, 9.17) is 22.9 Å². The Balaban J connectivity index is 6.34. The number of hydrogen-bond acceptors (Lipinski definition) is 14. The summed E-state index contributed by atoms with van der Waals surface area (Å²) in [6.07, 6.45) is -3.17. The minimum Gasteiger partial charge on any atom is -0.481 e. The molecule has 0 bridgehead atoms. The third kappa shape index (κ3) is 22.1. The first-order valence-corrected chi connectivity index (χ1v) is 19.6. The molecule has 0 aromatic rings. The number of hydrogen-bond donors (Lipinski definition) is 14. The van der Waals surface area contributed by atoms with Crippen molar-refractivity contribution in [2.75, 3.05) is 13.1 Å². The summed E-state index contributed by atoms with van der Waals surface area (Å²) in [5.41, 5.74) is 22.3. The first kappa shape index (κ1) is 54.0. The summed E-state index contributed by atoms with van der Waals surface area (Å²) >= 11 is 0. The molecule has 0 heterocycles. The van der Waals surface area contributed by atoms with Crippen LogP contribution in [0.15, 0.2) is 0 Å². The van der Waals surface area contributed by atoms with Crippen LogP contribution < -0.4 is 54.8 Å². The second-order valence-corrected chi connectivity index (χ2v) is 14.8. The van der Waals surface area contributed by atoms with Gasteiger partial charge >= 0.3 is 11.9 Å². The minimum atomic E-state index is -1.85. The number of aliphatic carboxylic acids is 2. The van der Waals surface area contributed by atoms with E-state index in [1.807, 2.05) is 13.8 Å². The van der Waals surface area contributed by atoms with E-state index in [1.54, 1.807) is 0 Å². The van der Waals surface area contributed by atoms with E-state index in [1.165, 1.54) is 0 Å². The Kier molecular flexibility index (Phi) is 26.1. The van der Waals surface area contributed by atoms with Gasteiger partial charge in [0.1, 0.15) is 36.3 Å². The maximum atomic E-state index is 13.7. The molecular weight excluding hydrogens is 780 g/mol. The predicted octanol–water partition coefficient (Wildman–Crippen LogP) is -4.50. The number of aliphatic hydroxyl groups is 2. The van der Waals surface area contributed by atoms with Crippen molar-refractivity contribution in [3.05, 3.63) is 0 Å². The first-order valence-electron chi connectivity index (χ1n) is 19.6. The number of rotatable bonds is 31. The highest BCUT2D eigenvalue weighted by molar-refractivity contribution is 5.97. The molecule has 0 rings (SSSR count). The molecule has 0 aliphatic carbocycles. The molecule has 0 unspecified atom stereocenters. The summed E-state index contributed by atoms with van der Waals surface area (Å²) in [6, 6.07) is -10.4. The molecular formula is C36H66N10O13. The van der Waals surface area contributed by atoms with Gasteiger partial charge in [0.15, 0.2) is 0 Å². The van der Waals surface area contributed by atoms with Gasteiger partial charge in [-0.1, -0.05) is 13.8 Å². The summed E-state index contributed by atoms with van der Waals surface area (Å²) in [4.78, 5) is 114. The van der Waals surface area contributed by atoms with Crippen molar-refractivity contribution in [2.45, 2.75) is 153 Å². The first-order chi connectivity index (χ1) is 27.5. The number of aliphatic hydroxyl groups excluding tert-OH is 2. The Hall–Kier alpha value is -4.97. The molecule has 7 amide bonds. The summed E-state index contributed by atoms with van der Waals surface area (Å²) in [5.74, 6) is -9.56. The fourth-order valence-corrected chi connectivity index (χ4v) is 5.61. The van der Waals surface area contributed by atoms with Crippen molar-refractivity contribution in [3.63, 3.8) is 0 Å². The Bertz CT molecular complexity index is 1420. The van der Waals surface area contributed by atoms with Gasteiger partial charge in [-0.25, -0.2) is 4.79 Å². The zero-order valence-electron chi connectivity index (χ0n) is 34.2. The van der Waals surface area contributed by atoms with E-state index in [0.717, 1.165) is 13.8 Å². The predicted molar refractivity (Wildman–Crippen MR) is 211 cm³/mol. The fraction of sp³-hybridized carbons (Fsp3) is 0.750. The van der Waals surface area contributed by atoms with E-state index in [9.17, 15) is 63.6 Å². The topological polar surface area (TPSA) is 411 Å². The Labute approximate surface area is 343 Å². The molecule has 0 spiro atoms. The van der Waals surface area contributed by atoms with Gasteiger partial charge < -0.3 is 75.3 Å². The van der Waals surface area contributed by atoms with Crippen LogP contribution in [0.25, 0.3) is 0 Å². The molecule has 0 radical (unpaired) electrons. The van der Waals surface area contributed by atoms with Crippen LogP contribution in [0.1, 0.15) is 98.3 Å². The zero-order chi connectivity index (χ0) is 45.4. The quantitative estimate of drug-likeness (QED) is 0.0292. The van der Waals surface area contributed by atoms with Gasteiger partial charge in [0, 0.05) is 12.8 Å². The van der Waals surface area contributed by atoms with Gasteiger partial charge in [0.05, 0.1) is 18.2 Å². The van der Waals surface area contributed by atoms with E-state index < -0.39 is 133 Å². The molecule has 0 aromatic heterocycles. The Morgan fingerprint density at radius 2 is 0.881 bits per heavy atom. The van der Waals surface area contributed by atoms with Crippen LogP contribution in [-0.2, 0) is 43.2 Å². The van der Waals surface area contributed by atoms with Crippen molar-refractivity contribution in [1.82, 2.24) is 31.9 Å². The number of nitrogens with one attached hydrogen (secondary N) is 6. The normalized spacial score (nSPS) is 15.8. The van der Waals surface area contributed by atoms with Crippen LogP contribution in [0.2, 0.25) is 0 Å². The number of carboxylic acid groups (broad SMARTS) is 2. The van der Waals surface area contributed by atoms with Crippen molar-refractivity contribution in [3.8, 4) is 0 Å². The van der Waals surface area contributed by atoms with Gasteiger partial charge in [-0.15, -0.1) is 0 Å². The molecule has 0 aliphatic heterocycles. The number of nitrogens with two attached hydrogens (primary N) is 4. The second kappa shape index (κ2) is 28.5. The molecule has 338 valence electrons. The molecule has 23 nitrogen and oxygen atoms in total. The van der Waals surface area contributed by atoms with E-state index in [2.05, 4.69) is 31.9 Å². The third-order valence-electron chi connectivity index (χ3n) is 8.92. The molecule has 0 fully saturated rings. The molecule has 23 heteroatoms. The highest BCUT2D eigenvalue weighted by atomic mass is 16.4. The van der Waals surface area contributed by atoms with E-state index in [-0.39, 0.29) is 25.3 Å². The highest BCUT2D eigenvalue weighted by Gasteiger charge is 2.36. The lowest BCUT2D eigenvalue weighted by Crippen LogP contribution is -2.62. The molecule has 0 saturated carbocycles. The van der Waals surface area contributed by atoms with Gasteiger partial charge in [-0.3, -0.25) is 38.4 Å². The van der Waals surface area contributed by atoms with Crippen LogP contribution in [0.5, 0.6) is 0 Å².